The smallest absolute Gasteiger partial charge is 0.405 e. The number of amides is 2. The van der Waals surface area contributed by atoms with Gasteiger partial charge in [-0.05, 0) is 11.6 Å². The zero-order valence-electron chi connectivity index (χ0n) is 10.4. The first-order valence-electron chi connectivity index (χ1n) is 5.88. The second-order valence-corrected chi connectivity index (χ2v) is 4.18. The molecule has 0 fully saturated rings. The predicted molar refractivity (Wildman–Crippen MR) is 71.0 cm³/mol. The average Bonchev–Trinajstić information content (AvgIpc) is 2.80. The number of carbonyl (C=O) groups excluding carboxylic acids is 1. The number of carboxylic acid groups (broad SMARTS) is 1. The topological polar surface area (TPSA) is 94.2 Å². The normalized spacial score (nSPS) is 12.1. The number of H-pyrrole nitrogens is 1. The fourth-order valence-electron chi connectivity index (χ4n) is 2.05. The van der Waals surface area contributed by atoms with E-state index in [9.17, 15) is 9.59 Å². The first-order valence-corrected chi connectivity index (χ1v) is 5.88. The van der Waals surface area contributed by atoms with Gasteiger partial charge in [0.05, 0.1) is 0 Å². The van der Waals surface area contributed by atoms with E-state index < -0.39 is 12.1 Å². The van der Waals surface area contributed by atoms with Crippen molar-refractivity contribution in [3.63, 3.8) is 0 Å². The molecule has 100 valence electrons. The van der Waals surface area contributed by atoms with Gasteiger partial charge >= 0.3 is 6.09 Å². The van der Waals surface area contributed by atoms with Crippen molar-refractivity contribution >= 4 is 22.9 Å². The summed E-state index contributed by atoms with van der Waals surface area (Å²) >= 11 is 0. The van der Waals surface area contributed by atoms with Crippen LogP contribution in [0.1, 0.15) is 5.56 Å². The van der Waals surface area contributed by atoms with Crippen molar-refractivity contribution in [2.45, 2.75) is 12.5 Å². The van der Waals surface area contributed by atoms with Crippen LogP contribution in [0.15, 0.2) is 30.5 Å². The molecule has 0 saturated heterocycles. The third-order valence-electron chi connectivity index (χ3n) is 2.96. The Labute approximate surface area is 109 Å². The molecule has 6 heteroatoms. The second-order valence-electron chi connectivity index (χ2n) is 4.18. The highest BCUT2D eigenvalue weighted by molar-refractivity contribution is 5.87. The largest absolute Gasteiger partial charge is 0.465 e. The highest BCUT2D eigenvalue weighted by Gasteiger charge is 2.21. The van der Waals surface area contributed by atoms with Crippen LogP contribution >= 0.6 is 0 Å². The van der Waals surface area contributed by atoms with E-state index in [2.05, 4.69) is 15.6 Å². The van der Waals surface area contributed by atoms with Crippen LogP contribution in [0.5, 0.6) is 0 Å². The van der Waals surface area contributed by atoms with E-state index in [1.165, 1.54) is 7.05 Å². The minimum absolute atomic E-state index is 0.302. The van der Waals surface area contributed by atoms with Gasteiger partial charge in [-0.25, -0.2) is 4.79 Å². The third-order valence-corrected chi connectivity index (χ3v) is 2.96. The van der Waals surface area contributed by atoms with Crippen molar-refractivity contribution < 1.29 is 14.7 Å². The fourth-order valence-corrected chi connectivity index (χ4v) is 2.05. The Balaban J connectivity index is 2.25. The van der Waals surface area contributed by atoms with Crippen LogP contribution in [-0.2, 0) is 11.2 Å². The molecule has 1 atom stereocenters. The lowest BCUT2D eigenvalue weighted by molar-refractivity contribution is -0.122. The first kappa shape index (κ1) is 12.9. The number of hydrogen-bond donors (Lipinski definition) is 4. The molecular formula is C13H15N3O3. The number of aromatic nitrogens is 1. The number of para-hydroxylation sites is 1. The van der Waals surface area contributed by atoms with Crippen molar-refractivity contribution in [2.75, 3.05) is 7.05 Å². The van der Waals surface area contributed by atoms with E-state index in [1.54, 1.807) is 6.20 Å². The number of benzene rings is 1. The molecule has 4 N–H and O–H groups in total. The summed E-state index contributed by atoms with van der Waals surface area (Å²) in [6, 6.07) is 6.87. The van der Waals surface area contributed by atoms with Crippen LogP contribution in [0.3, 0.4) is 0 Å². The molecule has 1 aromatic carbocycles. The van der Waals surface area contributed by atoms with E-state index in [1.807, 2.05) is 24.3 Å². The van der Waals surface area contributed by atoms with Crippen molar-refractivity contribution in [1.82, 2.24) is 15.6 Å². The summed E-state index contributed by atoms with van der Waals surface area (Å²) in [6.45, 7) is 0. The van der Waals surface area contributed by atoms with Gasteiger partial charge in [0.1, 0.15) is 6.04 Å². The number of likely N-dealkylation sites (N-methyl/N-ethyl adjacent to an activating group) is 1. The van der Waals surface area contributed by atoms with Gasteiger partial charge in [0.25, 0.3) is 0 Å². The van der Waals surface area contributed by atoms with E-state index >= 15 is 0 Å². The average molecular weight is 261 g/mol. The Morgan fingerprint density at radius 2 is 2.11 bits per heavy atom. The van der Waals surface area contributed by atoms with Gasteiger partial charge in [-0.1, -0.05) is 18.2 Å². The van der Waals surface area contributed by atoms with Crippen LogP contribution in [0.25, 0.3) is 10.9 Å². The molecule has 1 aromatic heterocycles. The number of fused-ring (bicyclic) bond motifs is 1. The summed E-state index contributed by atoms with van der Waals surface area (Å²) < 4.78 is 0. The Bertz CT molecular complexity index is 606. The lowest BCUT2D eigenvalue weighted by Gasteiger charge is -2.14. The maximum Gasteiger partial charge on any atom is 0.405 e. The van der Waals surface area contributed by atoms with E-state index in [0.29, 0.717) is 6.42 Å². The molecule has 0 aliphatic rings. The summed E-state index contributed by atoms with van der Waals surface area (Å²) in [5, 5.41) is 14.4. The molecule has 2 rings (SSSR count). The molecule has 2 aromatic rings. The Morgan fingerprint density at radius 1 is 1.37 bits per heavy atom. The van der Waals surface area contributed by atoms with Crippen molar-refractivity contribution in [1.29, 1.82) is 0 Å². The molecule has 1 heterocycles. The Kier molecular flexibility index (Phi) is 3.70. The van der Waals surface area contributed by atoms with E-state index in [0.717, 1.165) is 16.5 Å². The molecule has 0 radical (unpaired) electrons. The zero-order chi connectivity index (χ0) is 13.8. The molecule has 0 bridgehead atoms. The first-order chi connectivity index (χ1) is 9.11. The third kappa shape index (κ3) is 2.85. The maximum atomic E-state index is 11.7. The molecule has 0 spiro atoms. The number of aromatic amines is 1. The van der Waals surface area contributed by atoms with Crippen LogP contribution < -0.4 is 10.6 Å². The zero-order valence-corrected chi connectivity index (χ0v) is 10.4. The van der Waals surface area contributed by atoms with Gasteiger partial charge in [0.15, 0.2) is 0 Å². The number of hydrogen-bond acceptors (Lipinski definition) is 2. The Hall–Kier alpha value is -2.50. The summed E-state index contributed by atoms with van der Waals surface area (Å²) in [5.74, 6) is -0.354. The Morgan fingerprint density at radius 3 is 2.79 bits per heavy atom. The minimum Gasteiger partial charge on any atom is -0.465 e. The summed E-state index contributed by atoms with van der Waals surface area (Å²) in [4.78, 5) is 25.5. The molecule has 0 aliphatic heterocycles. The van der Waals surface area contributed by atoms with Crippen LogP contribution in [0.4, 0.5) is 4.79 Å². The molecule has 0 saturated carbocycles. The summed E-state index contributed by atoms with van der Waals surface area (Å²) in [5.41, 5.74) is 1.86. The van der Waals surface area contributed by atoms with E-state index in [4.69, 9.17) is 5.11 Å². The number of nitrogens with one attached hydrogen (secondary N) is 3. The quantitative estimate of drug-likeness (QED) is 0.663. The van der Waals surface area contributed by atoms with Crippen LogP contribution in [0, 0.1) is 0 Å². The van der Waals surface area contributed by atoms with Crippen molar-refractivity contribution in [3.8, 4) is 0 Å². The van der Waals surface area contributed by atoms with Crippen LogP contribution in [0.2, 0.25) is 0 Å². The van der Waals surface area contributed by atoms with Gasteiger partial charge in [-0.2, -0.15) is 0 Å². The molecule has 0 aliphatic carbocycles. The lowest BCUT2D eigenvalue weighted by atomic mass is 10.0. The fraction of sp³-hybridized carbons (Fsp3) is 0.231. The van der Waals surface area contributed by atoms with Gasteiger partial charge < -0.3 is 20.7 Å². The standard InChI is InChI=1S/C13H15N3O3/c1-14-12(17)11(16-13(18)19)6-8-7-15-10-5-3-2-4-9(8)10/h2-5,7,11,15-16H,6H2,1H3,(H,14,17)(H,18,19). The molecule has 19 heavy (non-hydrogen) atoms. The lowest BCUT2D eigenvalue weighted by Crippen LogP contribution is -2.46. The maximum absolute atomic E-state index is 11.7. The van der Waals surface area contributed by atoms with Gasteiger partial charge in [0.2, 0.25) is 5.91 Å². The van der Waals surface area contributed by atoms with E-state index in [-0.39, 0.29) is 5.91 Å². The van der Waals surface area contributed by atoms with Gasteiger partial charge in [-0.15, -0.1) is 0 Å². The highest BCUT2D eigenvalue weighted by atomic mass is 16.4. The number of carbonyl (C=O) groups is 2. The van der Waals surface area contributed by atoms with Crippen LogP contribution in [-0.4, -0.2) is 35.2 Å². The molecule has 1 unspecified atom stereocenters. The summed E-state index contributed by atoms with van der Waals surface area (Å²) in [7, 11) is 1.48. The predicted octanol–water partition coefficient (Wildman–Crippen LogP) is 1.09. The summed E-state index contributed by atoms with van der Waals surface area (Å²) in [6.07, 6.45) is 0.883. The molecule has 2 amide bonds. The monoisotopic (exact) mass is 261 g/mol. The van der Waals surface area contributed by atoms with Gasteiger partial charge in [-0.3, -0.25) is 4.79 Å². The molecular weight excluding hydrogens is 246 g/mol. The SMILES string of the molecule is CNC(=O)C(Cc1c[nH]c2ccccc12)NC(=O)O. The van der Waals surface area contributed by atoms with Crippen molar-refractivity contribution in [2.24, 2.45) is 0 Å². The van der Waals surface area contributed by atoms with Gasteiger partial charge in [0, 0.05) is 30.6 Å². The molecule has 6 nitrogen and oxygen atoms in total. The second kappa shape index (κ2) is 5.43. The minimum atomic E-state index is -1.21. The van der Waals surface area contributed by atoms with Crippen molar-refractivity contribution in [3.05, 3.63) is 36.0 Å². The number of rotatable bonds is 4. The highest BCUT2D eigenvalue weighted by Crippen LogP contribution is 2.19.